The number of para-hydroxylation sites is 1. The van der Waals surface area contributed by atoms with Crippen LogP contribution < -0.4 is 9.64 Å². The molecule has 0 unspecified atom stereocenters. The number of hydrogen-bond donors (Lipinski definition) is 1. The minimum Gasteiger partial charge on any atom is -0.497 e. The van der Waals surface area contributed by atoms with Gasteiger partial charge in [-0.05, 0) is 25.3 Å². The number of nitrogens with zero attached hydrogens (tertiary/aromatic N) is 1. The van der Waals surface area contributed by atoms with Gasteiger partial charge in [0, 0.05) is 19.2 Å². The van der Waals surface area contributed by atoms with Gasteiger partial charge in [-0.3, -0.25) is 9.59 Å². The maximum absolute atomic E-state index is 12.2. The summed E-state index contributed by atoms with van der Waals surface area (Å²) in [5, 5.41) is -0.0458. The zero-order valence-electron chi connectivity index (χ0n) is 20.4. The Balaban J connectivity index is 0.000000551. The van der Waals surface area contributed by atoms with E-state index >= 15 is 0 Å². The number of methoxy groups -OCH3 is 1. The molecule has 0 spiro atoms. The van der Waals surface area contributed by atoms with Crippen LogP contribution >= 0.6 is 11.8 Å². The van der Waals surface area contributed by atoms with Crippen molar-refractivity contribution in [1.29, 1.82) is 0 Å². The van der Waals surface area contributed by atoms with Crippen LogP contribution in [0.2, 0.25) is 0 Å². The van der Waals surface area contributed by atoms with Crippen molar-refractivity contribution < 1.29 is 24.0 Å². The Bertz CT molecular complexity index is 703. The SMILES string of the molecule is COc1ccccc1.CS[C@H](C)[C@H](OC(C)=O)C(=O)N(C)CC[NH+](C)C.c1ccccc1. The third-order valence-electron chi connectivity index (χ3n) is 4.30. The molecule has 0 heterocycles. The fraction of sp³-hybridized carbons (Fsp3) is 0.440. The van der Waals surface area contributed by atoms with Crippen LogP contribution in [0.4, 0.5) is 0 Å². The molecule has 1 amide bonds. The normalized spacial score (nSPS) is 11.6. The first-order valence-electron chi connectivity index (χ1n) is 10.6. The van der Waals surface area contributed by atoms with Crippen molar-refractivity contribution in [3.05, 3.63) is 66.7 Å². The van der Waals surface area contributed by atoms with Gasteiger partial charge in [-0.25, -0.2) is 0 Å². The zero-order valence-corrected chi connectivity index (χ0v) is 21.2. The number of rotatable bonds is 8. The number of carbonyl (C=O) groups is 2. The number of hydrogen-bond acceptors (Lipinski definition) is 5. The first-order valence-corrected chi connectivity index (χ1v) is 11.8. The Labute approximate surface area is 197 Å². The topological polar surface area (TPSA) is 60.3 Å². The van der Waals surface area contributed by atoms with E-state index in [-0.39, 0.29) is 11.2 Å². The Hall–Kier alpha value is -2.51. The molecule has 0 aliphatic carbocycles. The lowest BCUT2D eigenvalue weighted by atomic mass is 10.2. The van der Waals surface area contributed by atoms with Crippen LogP contribution in [0.25, 0.3) is 0 Å². The van der Waals surface area contributed by atoms with E-state index in [1.165, 1.54) is 23.6 Å². The molecule has 2 atom stereocenters. The zero-order chi connectivity index (χ0) is 24.4. The fourth-order valence-electron chi connectivity index (χ4n) is 2.31. The quantitative estimate of drug-likeness (QED) is 0.610. The first-order chi connectivity index (χ1) is 15.2. The van der Waals surface area contributed by atoms with E-state index in [9.17, 15) is 9.59 Å². The molecule has 32 heavy (non-hydrogen) atoms. The second-order valence-electron chi connectivity index (χ2n) is 7.36. The highest BCUT2D eigenvalue weighted by Gasteiger charge is 2.30. The first kappa shape index (κ1) is 29.5. The molecule has 2 aromatic rings. The molecule has 0 bridgehead atoms. The second-order valence-corrected chi connectivity index (χ2v) is 8.57. The average molecular weight is 464 g/mol. The number of thioether (sulfide) groups is 1. The van der Waals surface area contributed by atoms with E-state index in [4.69, 9.17) is 9.47 Å². The molecule has 2 aromatic carbocycles. The lowest BCUT2D eigenvalue weighted by Gasteiger charge is -2.26. The minimum atomic E-state index is -0.695. The van der Waals surface area contributed by atoms with E-state index in [0.717, 1.165) is 12.3 Å². The van der Waals surface area contributed by atoms with Crippen LogP contribution in [-0.2, 0) is 14.3 Å². The van der Waals surface area contributed by atoms with Crippen molar-refractivity contribution in [1.82, 2.24) is 4.90 Å². The Morgan fingerprint density at radius 2 is 1.47 bits per heavy atom. The number of nitrogens with one attached hydrogen (secondary N) is 1. The van der Waals surface area contributed by atoms with Crippen LogP contribution in [0.3, 0.4) is 0 Å². The summed E-state index contributed by atoms with van der Waals surface area (Å²) < 4.78 is 10.0. The van der Waals surface area contributed by atoms with Gasteiger partial charge in [0.15, 0.2) is 6.10 Å². The molecule has 0 radical (unpaired) electrons. The minimum absolute atomic E-state index is 0.0458. The van der Waals surface area contributed by atoms with Crippen LogP contribution in [-0.4, -0.2) is 75.7 Å². The van der Waals surface area contributed by atoms with Gasteiger partial charge < -0.3 is 19.3 Å². The van der Waals surface area contributed by atoms with Crippen molar-refractivity contribution in [2.75, 3.05) is 47.6 Å². The largest absolute Gasteiger partial charge is 0.497 e. The summed E-state index contributed by atoms with van der Waals surface area (Å²) in [5.41, 5.74) is 0. The molecule has 7 heteroatoms. The molecule has 0 fully saturated rings. The summed E-state index contributed by atoms with van der Waals surface area (Å²) in [6, 6.07) is 21.7. The number of esters is 1. The molecular formula is C25H39N2O4S+. The van der Waals surface area contributed by atoms with Crippen molar-refractivity contribution in [2.45, 2.75) is 25.2 Å². The van der Waals surface area contributed by atoms with Crippen molar-refractivity contribution in [3.63, 3.8) is 0 Å². The van der Waals surface area contributed by atoms with E-state index in [1.807, 2.05) is 94.0 Å². The number of quaternary nitrogens is 1. The van der Waals surface area contributed by atoms with Crippen LogP contribution in [0.15, 0.2) is 66.7 Å². The number of likely N-dealkylation sites (N-methyl/N-ethyl adjacent to an activating group) is 2. The molecule has 0 aliphatic heterocycles. The Kier molecular flexibility index (Phi) is 16.7. The van der Waals surface area contributed by atoms with Gasteiger partial charge in [-0.1, -0.05) is 54.6 Å². The third kappa shape index (κ3) is 14.5. The number of amides is 1. The maximum Gasteiger partial charge on any atom is 0.303 e. The predicted molar refractivity (Wildman–Crippen MR) is 133 cm³/mol. The third-order valence-corrected chi connectivity index (χ3v) is 5.29. The standard InChI is InChI=1S/C12H24N2O3S.C7H8O.C6H6/c1-9(18-6)11(17-10(2)15)12(16)14(5)8-7-13(3)4;1-8-7-5-3-2-4-6-7;1-2-4-6-5-3-1/h9,11H,7-8H2,1-6H3;2-6H,1H3;1-6H/p+1/t9-,11+;;/m1../s1. The maximum atomic E-state index is 12.2. The highest BCUT2D eigenvalue weighted by atomic mass is 32.2. The summed E-state index contributed by atoms with van der Waals surface area (Å²) in [6.45, 7) is 4.74. The Morgan fingerprint density at radius 1 is 1.00 bits per heavy atom. The lowest BCUT2D eigenvalue weighted by Crippen LogP contribution is -3.06. The molecule has 0 saturated heterocycles. The van der Waals surface area contributed by atoms with Gasteiger partial charge in [0.2, 0.25) is 0 Å². The predicted octanol–water partition coefficient (Wildman–Crippen LogP) is 2.65. The van der Waals surface area contributed by atoms with E-state index < -0.39 is 12.1 Å². The highest BCUT2D eigenvalue weighted by Crippen LogP contribution is 2.15. The summed E-state index contributed by atoms with van der Waals surface area (Å²) in [6.07, 6.45) is 1.21. The second kappa shape index (κ2) is 18.1. The summed E-state index contributed by atoms with van der Waals surface area (Å²) in [7, 11) is 7.48. The summed E-state index contributed by atoms with van der Waals surface area (Å²) >= 11 is 1.52. The smallest absolute Gasteiger partial charge is 0.303 e. The number of ether oxygens (including phenoxy) is 2. The van der Waals surface area contributed by atoms with Gasteiger partial charge in [-0.2, -0.15) is 11.8 Å². The molecule has 1 N–H and O–H groups in total. The molecule has 0 saturated carbocycles. The number of benzene rings is 2. The fourth-order valence-corrected chi connectivity index (χ4v) is 2.73. The molecule has 0 aliphatic rings. The van der Waals surface area contributed by atoms with Crippen molar-refractivity contribution >= 4 is 23.6 Å². The van der Waals surface area contributed by atoms with E-state index in [1.54, 1.807) is 19.1 Å². The van der Waals surface area contributed by atoms with Crippen molar-refractivity contribution in [3.8, 4) is 5.75 Å². The van der Waals surface area contributed by atoms with Gasteiger partial charge >= 0.3 is 5.97 Å². The van der Waals surface area contributed by atoms with Gasteiger partial charge in [0.1, 0.15) is 5.75 Å². The Morgan fingerprint density at radius 3 is 1.81 bits per heavy atom. The van der Waals surface area contributed by atoms with Gasteiger partial charge in [-0.15, -0.1) is 0 Å². The monoisotopic (exact) mass is 463 g/mol. The van der Waals surface area contributed by atoms with Gasteiger partial charge in [0.25, 0.3) is 5.91 Å². The van der Waals surface area contributed by atoms with Crippen LogP contribution in [0.1, 0.15) is 13.8 Å². The molecule has 2 rings (SSSR count). The molecule has 6 nitrogen and oxygen atoms in total. The molecule has 0 aromatic heterocycles. The average Bonchev–Trinajstić information content (AvgIpc) is 2.82. The van der Waals surface area contributed by atoms with E-state index in [0.29, 0.717) is 6.54 Å². The highest BCUT2D eigenvalue weighted by molar-refractivity contribution is 7.99. The van der Waals surface area contributed by atoms with E-state index in [2.05, 4.69) is 0 Å². The summed E-state index contributed by atoms with van der Waals surface area (Å²) in [5.74, 6) is 0.363. The van der Waals surface area contributed by atoms with Crippen molar-refractivity contribution in [2.24, 2.45) is 0 Å². The lowest BCUT2D eigenvalue weighted by molar-refractivity contribution is -0.857. The number of carbonyl (C=O) groups excluding carboxylic acids is 2. The molecular weight excluding hydrogens is 424 g/mol. The van der Waals surface area contributed by atoms with Crippen LogP contribution in [0.5, 0.6) is 5.75 Å². The van der Waals surface area contributed by atoms with Crippen LogP contribution in [0, 0.1) is 0 Å². The summed E-state index contributed by atoms with van der Waals surface area (Å²) in [4.78, 5) is 26.2. The molecule has 178 valence electrons. The van der Waals surface area contributed by atoms with Gasteiger partial charge in [0.05, 0.1) is 34.3 Å².